The smallest absolute Gasteiger partial charge is 0.341 e. The minimum Gasteiger partial charge on any atom is -0.481 e. The van der Waals surface area contributed by atoms with Gasteiger partial charge < -0.3 is 19.3 Å². The molecule has 25 heavy (non-hydrogen) atoms. The molecule has 0 aliphatic carbocycles. The third kappa shape index (κ3) is 3.50. The number of carboxylic acids is 1. The first-order chi connectivity index (χ1) is 12.1. The highest BCUT2D eigenvalue weighted by molar-refractivity contribution is 7.13. The number of hydrogen-bond acceptors (Lipinski definition) is 8. The lowest BCUT2D eigenvalue weighted by Crippen LogP contribution is -2.06. The maximum atomic E-state index is 11.8. The lowest BCUT2D eigenvalue weighted by Gasteiger charge is -2.10. The van der Waals surface area contributed by atoms with Crippen molar-refractivity contribution in [2.75, 3.05) is 14.2 Å². The van der Waals surface area contributed by atoms with Crippen molar-refractivity contribution in [3.63, 3.8) is 0 Å². The highest BCUT2D eigenvalue weighted by Gasteiger charge is 2.21. The molecule has 0 aliphatic heterocycles. The minimum absolute atomic E-state index is 0.0738. The monoisotopic (exact) mass is 359 g/mol. The van der Waals surface area contributed by atoms with E-state index in [4.69, 9.17) is 14.2 Å². The highest BCUT2D eigenvalue weighted by Crippen LogP contribution is 2.34. The van der Waals surface area contributed by atoms with Crippen molar-refractivity contribution in [3.8, 4) is 34.1 Å². The molecule has 0 aliphatic rings. The number of aromatic carboxylic acids is 1. The Kier molecular flexibility index (Phi) is 4.75. The SMILES string of the molecule is COc1cc(OC)nc(Oc2nccc(-c3cccs3)c2C(=O)O)n1. The van der Waals surface area contributed by atoms with Crippen molar-refractivity contribution in [1.82, 2.24) is 15.0 Å². The molecule has 0 saturated heterocycles. The van der Waals surface area contributed by atoms with Crippen LogP contribution in [-0.2, 0) is 0 Å². The summed E-state index contributed by atoms with van der Waals surface area (Å²) < 4.78 is 15.6. The standard InChI is InChI=1S/C16H13N3O5S/c1-22-11-8-12(23-2)19-16(18-11)24-14-13(15(20)21)9(5-6-17-14)10-4-3-7-25-10/h3-8H,1-2H3,(H,20,21). The summed E-state index contributed by atoms with van der Waals surface area (Å²) in [6.07, 6.45) is 1.47. The number of pyridine rings is 1. The number of aromatic nitrogens is 3. The molecule has 0 spiro atoms. The number of ether oxygens (including phenoxy) is 3. The predicted octanol–water partition coefficient (Wildman–Crippen LogP) is 3.11. The summed E-state index contributed by atoms with van der Waals surface area (Å²) in [7, 11) is 2.87. The van der Waals surface area contributed by atoms with Crippen LogP contribution in [0.1, 0.15) is 10.4 Å². The Bertz CT molecular complexity index is 877. The number of rotatable bonds is 6. The second-order valence-electron chi connectivity index (χ2n) is 4.66. The van der Waals surface area contributed by atoms with Crippen molar-refractivity contribution in [2.24, 2.45) is 0 Å². The lowest BCUT2D eigenvalue weighted by molar-refractivity contribution is 0.0694. The first kappa shape index (κ1) is 16.7. The Morgan fingerprint density at radius 3 is 2.44 bits per heavy atom. The number of carbonyl (C=O) groups is 1. The molecule has 9 heteroatoms. The number of hydrogen-bond donors (Lipinski definition) is 1. The Balaban J connectivity index is 2.06. The first-order valence-corrected chi connectivity index (χ1v) is 7.91. The fraction of sp³-hybridized carbons (Fsp3) is 0.125. The van der Waals surface area contributed by atoms with Gasteiger partial charge in [0.05, 0.1) is 20.3 Å². The average molecular weight is 359 g/mol. The lowest BCUT2D eigenvalue weighted by atomic mass is 10.1. The van der Waals surface area contributed by atoms with Crippen molar-refractivity contribution < 1.29 is 24.1 Å². The zero-order chi connectivity index (χ0) is 17.8. The van der Waals surface area contributed by atoms with Gasteiger partial charge in [-0.05, 0) is 17.5 Å². The van der Waals surface area contributed by atoms with E-state index in [1.54, 1.807) is 6.07 Å². The maximum Gasteiger partial charge on any atom is 0.341 e. The molecule has 0 unspecified atom stereocenters. The van der Waals surface area contributed by atoms with E-state index in [1.807, 2.05) is 17.5 Å². The van der Waals surface area contributed by atoms with Gasteiger partial charge in [0.2, 0.25) is 17.6 Å². The van der Waals surface area contributed by atoms with Gasteiger partial charge in [-0.3, -0.25) is 0 Å². The zero-order valence-electron chi connectivity index (χ0n) is 13.3. The normalized spacial score (nSPS) is 10.3. The molecule has 0 bridgehead atoms. The minimum atomic E-state index is -1.17. The van der Waals surface area contributed by atoms with Crippen molar-refractivity contribution in [3.05, 3.63) is 41.4 Å². The third-order valence-corrected chi connectivity index (χ3v) is 4.08. The van der Waals surface area contributed by atoms with E-state index in [0.717, 1.165) is 4.88 Å². The van der Waals surface area contributed by atoms with Crippen LogP contribution < -0.4 is 14.2 Å². The van der Waals surface area contributed by atoms with Crippen LogP contribution in [0.5, 0.6) is 23.7 Å². The molecule has 3 aromatic rings. The summed E-state index contributed by atoms with van der Waals surface area (Å²) in [5.41, 5.74) is 0.428. The van der Waals surface area contributed by atoms with Gasteiger partial charge in [0, 0.05) is 16.6 Å². The number of nitrogens with zero attached hydrogens (tertiary/aromatic N) is 3. The first-order valence-electron chi connectivity index (χ1n) is 7.03. The fourth-order valence-corrected chi connectivity index (χ4v) is 2.85. The summed E-state index contributed by atoms with van der Waals surface area (Å²) in [5, 5.41) is 11.5. The largest absolute Gasteiger partial charge is 0.481 e. The molecular weight excluding hydrogens is 346 g/mol. The van der Waals surface area contributed by atoms with E-state index < -0.39 is 5.97 Å². The maximum absolute atomic E-state index is 11.8. The van der Waals surface area contributed by atoms with E-state index in [0.29, 0.717) is 5.56 Å². The van der Waals surface area contributed by atoms with Crippen LogP contribution in [0.2, 0.25) is 0 Å². The van der Waals surface area contributed by atoms with Crippen LogP contribution >= 0.6 is 11.3 Å². The second kappa shape index (κ2) is 7.14. The second-order valence-corrected chi connectivity index (χ2v) is 5.61. The highest BCUT2D eigenvalue weighted by atomic mass is 32.1. The molecule has 0 radical (unpaired) electrons. The molecule has 0 fully saturated rings. The van der Waals surface area contributed by atoms with Gasteiger partial charge in [-0.15, -0.1) is 11.3 Å². The summed E-state index contributed by atoms with van der Waals surface area (Å²) in [4.78, 5) is 24.6. The summed E-state index contributed by atoms with van der Waals surface area (Å²) in [6, 6.07) is 6.62. The molecule has 1 N–H and O–H groups in total. The molecule has 8 nitrogen and oxygen atoms in total. The van der Waals surface area contributed by atoms with Crippen LogP contribution in [0.3, 0.4) is 0 Å². The number of methoxy groups -OCH3 is 2. The molecule has 3 heterocycles. The summed E-state index contributed by atoms with van der Waals surface area (Å²) in [6.45, 7) is 0. The molecule has 3 aromatic heterocycles. The fourth-order valence-electron chi connectivity index (χ4n) is 2.09. The van der Waals surface area contributed by atoms with E-state index in [-0.39, 0.29) is 29.2 Å². The molecule has 3 rings (SSSR count). The average Bonchev–Trinajstić information content (AvgIpc) is 3.15. The zero-order valence-corrected chi connectivity index (χ0v) is 14.1. The van der Waals surface area contributed by atoms with E-state index >= 15 is 0 Å². The summed E-state index contributed by atoms with van der Waals surface area (Å²) >= 11 is 1.42. The van der Waals surface area contributed by atoms with Crippen LogP contribution in [0.4, 0.5) is 0 Å². The van der Waals surface area contributed by atoms with Gasteiger partial charge in [0.15, 0.2) is 0 Å². The van der Waals surface area contributed by atoms with Crippen molar-refractivity contribution in [2.45, 2.75) is 0 Å². The summed E-state index contributed by atoms with van der Waals surface area (Å²) in [5.74, 6) is -0.851. The van der Waals surface area contributed by atoms with Gasteiger partial charge in [-0.1, -0.05) is 6.07 Å². The topological polar surface area (TPSA) is 104 Å². The number of thiophene rings is 1. The van der Waals surface area contributed by atoms with Gasteiger partial charge in [0.25, 0.3) is 0 Å². The molecule has 0 atom stereocenters. The molecule has 0 amide bonds. The van der Waals surface area contributed by atoms with Crippen LogP contribution in [0.25, 0.3) is 10.4 Å². The quantitative estimate of drug-likeness (QED) is 0.716. The van der Waals surface area contributed by atoms with Crippen LogP contribution in [0, 0.1) is 0 Å². The van der Waals surface area contributed by atoms with Crippen LogP contribution in [-0.4, -0.2) is 40.2 Å². The molecule has 0 aromatic carbocycles. The van der Waals surface area contributed by atoms with E-state index in [2.05, 4.69) is 15.0 Å². The third-order valence-electron chi connectivity index (χ3n) is 3.18. The van der Waals surface area contributed by atoms with Gasteiger partial charge in [-0.25, -0.2) is 9.78 Å². The van der Waals surface area contributed by atoms with Gasteiger partial charge in [0.1, 0.15) is 5.56 Å². The molecular formula is C16H13N3O5S. The Morgan fingerprint density at radius 2 is 1.88 bits per heavy atom. The predicted molar refractivity (Wildman–Crippen MR) is 89.7 cm³/mol. The van der Waals surface area contributed by atoms with Gasteiger partial charge >= 0.3 is 12.0 Å². The Morgan fingerprint density at radius 1 is 1.16 bits per heavy atom. The molecule has 128 valence electrons. The van der Waals surface area contributed by atoms with E-state index in [1.165, 1.54) is 37.8 Å². The van der Waals surface area contributed by atoms with Gasteiger partial charge in [-0.2, -0.15) is 9.97 Å². The molecule has 0 saturated carbocycles. The van der Waals surface area contributed by atoms with Crippen molar-refractivity contribution >= 4 is 17.3 Å². The Hall–Kier alpha value is -3.20. The van der Waals surface area contributed by atoms with Crippen molar-refractivity contribution in [1.29, 1.82) is 0 Å². The Labute approximate surface area is 146 Å². The van der Waals surface area contributed by atoms with E-state index in [9.17, 15) is 9.90 Å². The number of carboxylic acid groups (broad SMARTS) is 1. The van der Waals surface area contributed by atoms with Crippen LogP contribution in [0.15, 0.2) is 35.8 Å².